The zero-order valence-electron chi connectivity index (χ0n) is 34.3. The highest BCUT2D eigenvalue weighted by Crippen LogP contribution is 2.38. The summed E-state index contributed by atoms with van der Waals surface area (Å²) in [6.45, 7) is 5.43. The van der Waals surface area contributed by atoms with Crippen molar-refractivity contribution in [3.05, 3.63) is 12.2 Å². The van der Waals surface area contributed by atoms with Crippen molar-refractivity contribution in [1.29, 1.82) is 0 Å². The number of phosphoric ester groups is 1. The molecule has 0 saturated heterocycles. The van der Waals surface area contributed by atoms with Crippen LogP contribution in [0.25, 0.3) is 0 Å². The Labute approximate surface area is 316 Å². The Morgan fingerprint density at radius 1 is 0.588 bits per heavy atom. The van der Waals surface area contributed by atoms with E-state index in [4.69, 9.17) is 18.5 Å². The average molecular weight is 746 g/mol. The van der Waals surface area contributed by atoms with Gasteiger partial charge in [-0.15, -0.1) is 0 Å². The molecule has 0 rings (SSSR count). The minimum Gasteiger partial charge on any atom is -0.756 e. The van der Waals surface area contributed by atoms with E-state index in [9.17, 15) is 14.3 Å². The van der Waals surface area contributed by atoms with Crippen LogP contribution in [0.5, 0.6) is 0 Å². The van der Waals surface area contributed by atoms with Gasteiger partial charge in [0.25, 0.3) is 7.82 Å². The van der Waals surface area contributed by atoms with Crippen molar-refractivity contribution >= 4 is 13.8 Å². The molecule has 0 amide bonds. The van der Waals surface area contributed by atoms with Crippen LogP contribution in [0.2, 0.25) is 0 Å². The third-order valence-corrected chi connectivity index (χ3v) is 10.3. The Morgan fingerprint density at radius 2 is 1.02 bits per heavy atom. The van der Waals surface area contributed by atoms with Gasteiger partial charge in [-0.3, -0.25) is 9.36 Å². The summed E-state index contributed by atoms with van der Waals surface area (Å²) < 4.78 is 34.5. The summed E-state index contributed by atoms with van der Waals surface area (Å²) in [5.41, 5.74) is 0. The molecule has 8 nitrogen and oxygen atoms in total. The number of hydrogen-bond acceptors (Lipinski definition) is 7. The summed E-state index contributed by atoms with van der Waals surface area (Å²) in [5, 5.41) is 0. The molecule has 0 N–H and O–H groups in total. The average Bonchev–Trinajstić information content (AvgIpc) is 3.08. The van der Waals surface area contributed by atoms with Crippen molar-refractivity contribution in [2.45, 2.75) is 200 Å². The van der Waals surface area contributed by atoms with E-state index in [0.717, 1.165) is 44.9 Å². The lowest BCUT2D eigenvalue weighted by molar-refractivity contribution is -0.870. The topological polar surface area (TPSA) is 94.1 Å². The highest BCUT2D eigenvalue weighted by molar-refractivity contribution is 7.45. The summed E-state index contributed by atoms with van der Waals surface area (Å²) in [4.78, 5) is 25.0. The number of quaternary nitrogens is 1. The molecule has 0 aliphatic heterocycles. The van der Waals surface area contributed by atoms with Crippen molar-refractivity contribution in [2.24, 2.45) is 0 Å². The fourth-order valence-electron chi connectivity index (χ4n) is 5.95. The van der Waals surface area contributed by atoms with Crippen LogP contribution < -0.4 is 4.89 Å². The maximum absolute atomic E-state index is 12.6. The number of hydrogen-bond donors (Lipinski definition) is 0. The molecule has 0 radical (unpaired) electrons. The van der Waals surface area contributed by atoms with Gasteiger partial charge in [0.2, 0.25) is 0 Å². The molecular weight excluding hydrogens is 661 g/mol. The largest absolute Gasteiger partial charge is 0.756 e. The zero-order valence-corrected chi connectivity index (χ0v) is 35.2. The quantitative estimate of drug-likeness (QED) is 0.0203. The van der Waals surface area contributed by atoms with E-state index in [1.807, 2.05) is 21.1 Å². The normalized spacial score (nSPS) is 13.9. The van der Waals surface area contributed by atoms with Gasteiger partial charge in [-0.25, -0.2) is 0 Å². The molecule has 0 fully saturated rings. The molecule has 2 atom stereocenters. The van der Waals surface area contributed by atoms with Gasteiger partial charge in [-0.05, 0) is 38.5 Å². The summed E-state index contributed by atoms with van der Waals surface area (Å²) in [5.74, 6) is -0.340. The third-order valence-electron chi connectivity index (χ3n) is 9.32. The summed E-state index contributed by atoms with van der Waals surface area (Å²) in [7, 11) is 1.36. The highest BCUT2D eigenvalue weighted by atomic mass is 31.2. The van der Waals surface area contributed by atoms with Crippen LogP contribution in [-0.2, 0) is 27.9 Å². The first-order valence-electron chi connectivity index (χ1n) is 21.4. The van der Waals surface area contributed by atoms with Crippen LogP contribution in [0.1, 0.15) is 194 Å². The molecule has 0 aromatic rings. The molecule has 9 heteroatoms. The molecule has 0 spiro atoms. The number of unbranched alkanes of at least 4 members (excludes halogenated alkanes) is 24. The number of allylic oxidation sites excluding steroid dienone is 2. The molecule has 0 heterocycles. The van der Waals surface area contributed by atoms with Gasteiger partial charge in [0, 0.05) is 13.0 Å². The summed E-state index contributed by atoms with van der Waals surface area (Å²) in [6.07, 6.45) is 37.8. The van der Waals surface area contributed by atoms with Crippen molar-refractivity contribution in [2.75, 3.05) is 54.1 Å². The Balaban J connectivity index is 4.24. The standard InChI is InChI=1S/C42H84NO7P/c1-6-8-10-12-14-16-18-20-22-23-25-27-29-31-33-35-42(44)50-41(40-49-51(45,46)48-38-36-43(3,4)5)39-47-37-34-32-30-28-26-24-21-19-17-15-13-11-9-7-2/h20,22,41H,6-19,21,23-40H2,1-5H3/b22-20+. The van der Waals surface area contributed by atoms with E-state index in [0.29, 0.717) is 24.1 Å². The Morgan fingerprint density at radius 3 is 1.49 bits per heavy atom. The van der Waals surface area contributed by atoms with Gasteiger partial charge in [-0.2, -0.15) is 0 Å². The summed E-state index contributed by atoms with van der Waals surface area (Å²) in [6, 6.07) is 0. The van der Waals surface area contributed by atoms with Crippen LogP contribution in [0.4, 0.5) is 0 Å². The van der Waals surface area contributed by atoms with E-state index in [2.05, 4.69) is 26.0 Å². The fourth-order valence-corrected chi connectivity index (χ4v) is 6.68. The lowest BCUT2D eigenvalue weighted by Crippen LogP contribution is -2.37. The maximum atomic E-state index is 12.6. The lowest BCUT2D eigenvalue weighted by Gasteiger charge is -2.28. The smallest absolute Gasteiger partial charge is 0.306 e. The number of carbonyl (C=O) groups excluding carboxylic acids is 1. The number of rotatable bonds is 40. The molecular formula is C42H84NO7P. The second-order valence-electron chi connectivity index (χ2n) is 15.7. The van der Waals surface area contributed by atoms with Crippen LogP contribution in [-0.4, -0.2) is 70.7 Å². The van der Waals surface area contributed by atoms with Gasteiger partial charge in [0.1, 0.15) is 19.3 Å². The van der Waals surface area contributed by atoms with Crippen LogP contribution in [0.3, 0.4) is 0 Å². The van der Waals surface area contributed by atoms with Crippen molar-refractivity contribution in [3.8, 4) is 0 Å². The second kappa shape index (κ2) is 36.2. The molecule has 2 unspecified atom stereocenters. The molecule has 51 heavy (non-hydrogen) atoms. The van der Waals surface area contributed by atoms with Gasteiger partial charge in [0.15, 0.2) is 0 Å². The molecule has 0 aliphatic carbocycles. The maximum Gasteiger partial charge on any atom is 0.306 e. The number of likely N-dealkylation sites (N-methyl/N-ethyl adjacent to an activating group) is 1. The summed E-state index contributed by atoms with van der Waals surface area (Å²) >= 11 is 0. The highest BCUT2D eigenvalue weighted by Gasteiger charge is 2.20. The van der Waals surface area contributed by atoms with Crippen molar-refractivity contribution in [3.63, 3.8) is 0 Å². The van der Waals surface area contributed by atoms with Gasteiger partial charge >= 0.3 is 5.97 Å². The van der Waals surface area contributed by atoms with Crippen molar-refractivity contribution < 1.29 is 37.3 Å². The van der Waals surface area contributed by atoms with E-state index >= 15 is 0 Å². The number of phosphoric acid groups is 1. The van der Waals surface area contributed by atoms with Crippen molar-refractivity contribution in [1.82, 2.24) is 0 Å². The fraction of sp³-hybridized carbons (Fsp3) is 0.929. The molecule has 0 bridgehead atoms. The Bertz CT molecular complexity index is 833. The van der Waals surface area contributed by atoms with Crippen LogP contribution >= 0.6 is 7.82 Å². The Kier molecular flexibility index (Phi) is 35.7. The monoisotopic (exact) mass is 746 g/mol. The predicted molar refractivity (Wildman–Crippen MR) is 213 cm³/mol. The number of nitrogens with zero attached hydrogens (tertiary/aromatic N) is 1. The number of carbonyl (C=O) groups is 1. The minimum absolute atomic E-state index is 0.0276. The predicted octanol–water partition coefficient (Wildman–Crippen LogP) is 11.6. The van der Waals surface area contributed by atoms with Crippen LogP contribution in [0, 0.1) is 0 Å². The zero-order chi connectivity index (χ0) is 37.7. The second-order valence-corrected chi connectivity index (χ2v) is 17.1. The molecule has 0 aromatic carbocycles. The van der Waals surface area contributed by atoms with Gasteiger partial charge in [0.05, 0.1) is 34.4 Å². The first-order chi connectivity index (χ1) is 24.6. The third kappa shape index (κ3) is 40.3. The van der Waals surface area contributed by atoms with E-state index in [1.54, 1.807) is 0 Å². The van der Waals surface area contributed by atoms with Gasteiger partial charge < -0.3 is 27.9 Å². The SMILES string of the molecule is CCCCCCCC/C=C/CCCCCCCC(=O)OC(COCCCCCCCCCCCCCCCC)COP(=O)([O-])OCC[N+](C)(C)C. The molecule has 0 aliphatic rings. The van der Waals surface area contributed by atoms with Gasteiger partial charge in [-0.1, -0.05) is 161 Å². The first kappa shape index (κ1) is 50.2. The molecule has 304 valence electrons. The number of ether oxygens (including phenoxy) is 2. The van der Waals surface area contributed by atoms with E-state index in [-0.39, 0.29) is 25.8 Å². The van der Waals surface area contributed by atoms with E-state index in [1.165, 1.54) is 128 Å². The van der Waals surface area contributed by atoms with E-state index < -0.39 is 13.9 Å². The molecule has 0 aromatic heterocycles. The molecule has 0 saturated carbocycles. The van der Waals surface area contributed by atoms with Crippen LogP contribution in [0.15, 0.2) is 12.2 Å². The minimum atomic E-state index is -4.52. The number of esters is 1. The lowest BCUT2D eigenvalue weighted by atomic mass is 10.0. The first-order valence-corrected chi connectivity index (χ1v) is 22.9. The Hall–Kier alpha value is -0.760.